The molecule has 0 aromatic heterocycles. The van der Waals surface area contributed by atoms with Crippen molar-refractivity contribution >= 4 is 26.0 Å². The highest BCUT2D eigenvalue weighted by atomic mass is 79.9. The molecule has 3 rings (SSSR count). The first-order chi connectivity index (χ1) is 10.9. The smallest absolute Gasteiger partial charge is 0.246 e. The Morgan fingerprint density at radius 3 is 2.52 bits per heavy atom. The molecule has 2 atom stereocenters. The van der Waals surface area contributed by atoms with Crippen molar-refractivity contribution in [2.24, 2.45) is 5.73 Å². The van der Waals surface area contributed by atoms with Crippen LogP contribution in [0.4, 0.5) is 4.39 Å². The van der Waals surface area contributed by atoms with E-state index in [2.05, 4.69) is 15.9 Å². The number of sulfonamides is 1. The number of halogens is 2. The number of benzene rings is 2. The summed E-state index contributed by atoms with van der Waals surface area (Å²) in [5, 5.41) is 0. The summed E-state index contributed by atoms with van der Waals surface area (Å²) in [5.41, 5.74) is 7.13. The van der Waals surface area contributed by atoms with Crippen molar-refractivity contribution in [1.29, 1.82) is 0 Å². The van der Waals surface area contributed by atoms with Crippen molar-refractivity contribution in [3.63, 3.8) is 0 Å². The summed E-state index contributed by atoms with van der Waals surface area (Å²) in [7, 11) is -3.92. The third-order valence-corrected chi connectivity index (χ3v) is 6.41. The minimum absolute atomic E-state index is 0.0961. The van der Waals surface area contributed by atoms with Crippen LogP contribution in [0.1, 0.15) is 11.5 Å². The van der Waals surface area contributed by atoms with Crippen LogP contribution >= 0.6 is 15.9 Å². The van der Waals surface area contributed by atoms with Crippen molar-refractivity contribution in [1.82, 2.24) is 4.31 Å². The Bertz CT molecular complexity index is 814. The average molecular weight is 399 g/mol. The highest BCUT2D eigenvalue weighted by molar-refractivity contribution is 9.10. The molecule has 0 saturated carbocycles. The fraction of sp³-hybridized carbons (Fsp3) is 0.250. The number of hydrogen-bond acceptors (Lipinski definition) is 3. The molecule has 1 aliphatic rings. The summed E-state index contributed by atoms with van der Waals surface area (Å²) in [4.78, 5) is -0.326. The van der Waals surface area contributed by atoms with Crippen LogP contribution in [0.25, 0.3) is 0 Å². The molecular formula is C16H16BrFN2O2S. The maximum absolute atomic E-state index is 14.0. The SMILES string of the molecule is N[C@@H]1CN(S(=O)(=O)c2cc(Br)ccc2F)C[C@H]1c1ccccc1. The van der Waals surface area contributed by atoms with Gasteiger partial charge in [0.25, 0.3) is 0 Å². The zero-order valence-electron chi connectivity index (χ0n) is 12.2. The van der Waals surface area contributed by atoms with E-state index in [4.69, 9.17) is 5.73 Å². The van der Waals surface area contributed by atoms with E-state index in [1.807, 2.05) is 30.3 Å². The van der Waals surface area contributed by atoms with E-state index >= 15 is 0 Å². The Kier molecular flexibility index (Phi) is 4.55. The number of rotatable bonds is 3. The summed E-state index contributed by atoms with van der Waals surface area (Å²) in [5.74, 6) is -0.855. The molecule has 0 aliphatic carbocycles. The minimum Gasteiger partial charge on any atom is -0.326 e. The molecule has 7 heteroatoms. The van der Waals surface area contributed by atoms with Crippen molar-refractivity contribution < 1.29 is 12.8 Å². The van der Waals surface area contributed by atoms with Gasteiger partial charge in [-0.05, 0) is 23.8 Å². The van der Waals surface area contributed by atoms with Crippen molar-refractivity contribution in [3.05, 3.63) is 64.4 Å². The van der Waals surface area contributed by atoms with Gasteiger partial charge in [0.15, 0.2) is 0 Å². The van der Waals surface area contributed by atoms with Gasteiger partial charge in [0.2, 0.25) is 10.0 Å². The molecule has 0 spiro atoms. The van der Waals surface area contributed by atoms with Crippen LogP contribution in [-0.4, -0.2) is 31.9 Å². The van der Waals surface area contributed by atoms with Gasteiger partial charge in [0, 0.05) is 29.5 Å². The predicted octanol–water partition coefficient (Wildman–Crippen LogP) is 2.70. The molecular weight excluding hydrogens is 383 g/mol. The summed E-state index contributed by atoms with van der Waals surface area (Å²) in [6.45, 7) is 0.424. The number of nitrogens with zero attached hydrogens (tertiary/aromatic N) is 1. The van der Waals surface area contributed by atoms with Gasteiger partial charge in [-0.2, -0.15) is 4.31 Å². The number of nitrogens with two attached hydrogens (primary N) is 1. The number of hydrogen-bond donors (Lipinski definition) is 1. The van der Waals surface area contributed by atoms with Gasteiger partial charge in [-0.1, -0.05) is 46.3 Å². The van der Waals surface area contributed by atoms with Gasteiger partial charge in [-0.15, -0.1) is 0 Å². The second-order valence-electron chi connectivity index (χ2n) is 5.58. The van der Waals surface area contributed by atoms with Crippen LogP contribution in [0.15, 0.2) is 57.9 Å². The monoisotopic (exact) mass is 398 g/mol. The van der Waals surface area contributed by atoms with Gasteiger partial charge in [-0.3, -0.25) is 0 Å². The third kappa shape index (κ3) is 3.19. The first-order valence-electron chi connectivity index (χ1n) is 7.15. The molecule has 2 aromatic rings. The highest BCUT2D eigenvalue weighted by Crippen LogP contribution is 2.32. The van der Waals surface area contributed by atoms with E-state index in [-0.39, 0.29) is 29.9 Å². The van der Waals surface area contributed by atoms with Crippen LogP contribution in [0, 0.1) is 5.82 Å². The second kappa shape index (κ2) is 6.32. The predicted molar refractivity (Wildman–Crippen MR) is 90.0 cm³/mol. The summed E-state index contributed by atoms with van der Waals surface area (Å²) in [6.07, 6.45) is 0. The molecule has 0 amide bonds. The zero-order chi connectivity index (χ0) is 16.6. The molecule has 2 aromatic carbocycles. The standard InChI is InChI=1S/C16H16BrFN2O2S/c17-12-6-7-14(18)16(8-12)23(21,22)20-9-13(15(19)10-20)11-4-2-1-3-5-11/h1-8,13,15H,9-10,19H2/t13-,15+/m0/s1. The van der Waals surface area contributed by atoms with E-state index < -0.39 is 15.8 Å². The molecule has 23 heavy (non-hydrogen) atoms. The minimum atomic E-state index is -3.92. The van der Waals surface area contributed by atoms with Gasteiger partial charge in [-0.25, -0.2) is 12.8 Å². The van der Waals surface area contributed by atoms with Crippen LogP contribution in [-0.2, 0) is 10.0 Å². The van der Waals surface area contributed by atoms with E-state index in [1.54, 1.807) is 0 Å². The molecule has 4 nitrogen and oxygen atoms in total. The summed E-state index contributed by atoms with van der Waals surface area (Å²) < 4.78 is 41.2. The van der Waals surface area contributed by atoms with Crippen LogP contribution in [0.3, 0.4) is 0 Å². The first kappa shape index (κ1) is 16.6. The Labute approximate surface area is 143 Å². The molecule has 1 saturated heterocycles. The third-order valence-electron chi connectivity index (χ3n) is 4.07. The molecule has 2 N–H and O–H groups in total. The Morgan fingerprint density at radius 1 is 1.13 bits per heavy atom. The second-order valence-corrected chi connectivity index (χ2v) is 8.40. The van der Waals surface area contributed by atoms with Crippen molar-refractivity contribution in [2.75, 3.05) is 13.1 Å². The topological polar surface area (TPSA) is 63.4 Å². The van der Waals surface area contributed by atoms with Gasteiger partial charge >= 0.3 is 0 Å². The van der Waals surface area contributed by atoms with Crippen molar-refractivity contribution in [2.45, 2.75) is 16.9 Å². The maximum atomic E-state index is 14.0. The largest absolute Gasteiger partial charge is 0.326 e. The Morgan fingerprint density at radius 2 is 1.83 bits per heavy atom. The van der Waals surface area contributed by atoms with Gasteiger partial charge < -0.3 is 5.73 Å². The first-order valence-corrected chi connectivity index (χ1v) is 9.38. The molecule has 1 heterocycles. The quantitative estimate of drug-likeness (QED) is 0.864. The Balaban J connectivity index is 1.92. The van der Waals surface area contributed by atoms with E-state index in [9.17, 15) is 12.8 Å². The van der Waals surface area contributed by atoms with Crippen LogP contribution in [0.2, 0.25) is 0 Å². The summed E-state index contributed by atoms with van der Waals surface area (Å²) >= 11 is 3.18. The fourth-order valence-electron chi connectivity index (χ4n) is 2.85. The van der Waals surface area contributed by atoms with E-state index in [1.165, 1.54) is 16.4 Å². The summed E-state index contributed by atoms with van der Waals surface area (Å²) in [6, 6.07) is 13.1. The molecule has 0 unspecified atom stereocenters. The molecule has 1 fully saturated rings. The maximum Gasteiger partial charge on any atom is 0.246 e. The van der Waals surface area contributed by atoms with E-state index in [0.717, 1.165) is 11.6 Å². The fourth-order valence-corrected chi connectivity index (χ4v) is 4.96. The van der Waals surface area contributed by atoms with Gasteiger partial charge in [0.1, 0.15) is 10.7 Å². The van der Waals surface area contributed by atoms with E-state index in [0.29, 0.717) is 4.47 Å². The molecule has 122 valence electrons. The zero-order valence-corrected chi connectivity index (χ0v) is 14.6. The normalized spacial score (nSPS) is 22.4. The highest BCUT2D eigenvalue weighted by Gasteiger charge is 2.39. The van der Waals surface area contributed by atoms with Crippen LogP contribution in [0.5, 0.6) is 0 Å². The molecule has 0 bridgehead atoms. The lowest BCUT2D eigenvalue weighted by atomic mass is 9.95. The average Bonchev–Trinajstić information content (AvgIpc) is 2.93. The van der Waals surface area contributed by atoms with Crippen LogP contribution < -0.4 is 5.73 Å². The molecule has 0 radical (unpaired) electrons. The Hall–Kier alpha value is -1.28. The molecule has 1 aliphatic heterocycles. The van der Waals surface area contributed by atoms with Crippen molar-refractivity contribution in [3.8, 4) is 0 Å². The lowest BCUT2D eigenvalue weighted by molar-refractivity contribution is 0.463. The lowest BCUT2D eigenvalue weighted by Gasteiger charge is -2.17. The lowest BCUT2D eigenvalue weighted by Crippen LogP contribution is -2.32. The van der Waals surface area contributed by atoms with Gasteiger partial charge in [0.05, 0.1) is 0 Å².